The lowest BCUT2D eigenvalue weighted by atomic mass is 9.73. The van der Waals surface area contributed by atoms with Crippen LogP contribution >= 0.6 is 0 Å². The van der Waals surface area contributed by atoms with Crippen LogP contribution in [0.2, 0.25) is 0 Å². The van der Waals surface area contributed by atoms with E-state index in [1.54, 1.807) is 5.56 Å². The van der Waals surface area contributed by atoms with Gasteiger partial charge in [0.15, 0.2) is 11.7 Å². The first-order valence-electron chi connectivity index (χ1n) is 13.1. The van der Waals surface area contributed by atoms with Gasteiger partial charge < -0.3 is 0 Å². The van der Waals surface area contributed by atoms with Crippen molar-refractivity contribution in [1.82, 2.24) is 0 Å². The Morgan fingerprint density at radius 3 is 2.39 bits per heavy atom. The van der Waals surface area contributed by atoms with E-state index < -0.39 is 0 Å². The summed E-state index contributed by atoms with van der Waals surface area (Å²) in [6.07, 6.45) is 12.4. The molecule has 1 aliphatic heterocycles. The van der Waals surface area contributed by atoms with E-state index in [2.05, 4.69) is 92.2 Å². The van der Waals surface area contributed by atoms with Gasteiger partial charge in [0.05, 0.1) is 10.9 Å². The van der Waals surface area contributed by atoms with E-state index in [9.17, 15) is 0 Å². The van der Waals surface area contributed by atoms with Crippen molar-refractivity contribution in [3.63, 3.8) is 0 Å². The summed E-state index contributed by atoms with van der Waals surface area (Å²) in [5.74, 6) is 0. The second-order valence-corrected chi connectivity index (χ2v) is 10.6. The molecule has 2 heterocycles. The molecular weight excluding hydrogens is 398 g/mol. The Kier molecular flexibility index (Phi) is 4.87. The van der Waals surface area contributed by atoms with Crippen LogP contribution in [0.3, 0.4) is 0 Å². The first kappa shape index (κ1) is 20.9. The Balaban J connectivity index is 1.75. The molecule has 2 bridgehead atoms. The number of benzene rings is 3. The minimum absolute atomic E-state index is 0.212. The number of rotatable bonds is 5. The van der Waals surface area contributed by atoms with Crippen molar-refractivity contribution < 1.29 is 4.57 Å². The third kappa shape index (κ3) is 2.94. The molecule has 6 rings (SSSR count). The zero-order valence-corrected chi connectivity index (χ0v) is 20.5. The zero-order valence-electron chi connectivity index (χ0n) is 20.5. The van der Waals surface area contributed by atoms with E-state index in [1.165, 1.54) is 89.7 Å². The van der Waals surface area contributed by atoms with Crippen molar-refractivity contribution in [2.75, 3.05) is 0 Å². The van der Waals surface area contributed by atoms with Gasteiger partial charge in [0, 0.05) is 30.7 Å². The lowest BCUT2D eigenvalue weighted by molar-refractivity contribution is -0.754. The van der Waals surface area contributed by atoms with Gasteiger partial charge in [0.25, 0.3) is 0 Å². The largest absolute Gasteiger partial charge is 0.221 e. The SMILES string of the molecule is CCCCc1cccc2c3[n+](ccc12)C1(CC)CCC(CC)(C1)c1cc2ccccc2cc1-3. The third-order valence-corrected chi connectivity index (χ3v) is 9.18. The zero-order chi connectivity index (χ0) is 22.6. The van der Waals surface area contributed by atoms with Crippen LogP contribution in [0.15, 0.2) is 66.9 Å². The Labute approximate surface area is 198 Å². The molecule has 3 aromatic carbocycles. The summed E-state index contributed by atoms with van der Waals surface area (Å²) in [7, 11) is 0. The molecule has 0 amide bonds. The number of fused-ring (bicyclic) bond motifs is 10. The number of nitrogens with zero attached hydrogens (tertiary/aromatic N) is 1. The van der Waals surface area contributed by atoms with Gasteiger partial charge in [-0.1, -0.05) is 63.6 Å². The molecule has 2 unspecified atom stereocenters. The first-order chi connectivity index (χ1) is 16.1. The number of hydrogen-bond acceptors (Lipinski definition) is 0. The van der Waals surface area contributed by atoms with E-state index in [1.807, 2.05) is 0 Å². The molecule has 0 saturated heterocycles. The molecule has 1 nitrogen and oxygen atoms in total. The van der Waals surface area contributed by atoms with Crippen LogP contribution in [0, 0.1) is 0 Å². The molecule has 1 saturated carbocycles. The highest BCUT2D eigenvalue weighted by Crippen LogP contribution is 2.56. The second kappa shape index (κ2) is 7.69. The Morgan fingerprint density at radius 2 is 1.64 bits per heavy atom. The minimum Gasteiger partial charge on any atom is -0.192 e. The average Bonchev–Trinajstić information content (AvgIpc) is 3.23. The summed E-state index contributed by atoms with van der Waals surface area (Å²) in [5.41, 5.74) is 6.52. The van der Waals surface area contributed by atoms with E-state index in [0.717, 1.165) is 0 Å². The predicted molar refractivity (Wildman–Crippen MR) is 140 cm³/mol. The fraction of sp³-hybridized carbons (Fsp3) is 0.406. The lowest BCUT2D eigenvalue weighted by Crippen LogP contribution is -2.55. The van der Waals surface area contributed by atoms with Crippen molar-refractivity contribution in [2.24, 2.45) is 0 Å². The van der Waals surface area contributed by atoms with Crippen molar-refractivity contribution in [3.05, 3.63) is 78.0 Å². The number of unbranched alkanes of at least 4 members (excludes halogenated alkanes) is 1. The highest BCUT2D eigenvalue weighted by Gasteiger charge is 2.57. The van der Waals surface area contributed by atoms with E-state index in [4.69, 9.17) is 0 Å². The van der Waals surface area contributed by atoms with Crippen LogP contribution in [0.4, 0.5) is 0 Å². The maximum Gasteiger partial charge on any atom is 0.221 e. The van der Waals surface area contributed by atoms with Crippen molar-refractivity contribution in [3.8, 4) is 11.3 Å². The molecule has 4 aromatic rings. The molecular formula is C32H36N+. The van der Waals surface area contributed by atoms with Crippen molar-refractivity contribution in [2.45, 2.75) is 83.1 Å². The highest BCUT2D eigenvalue weighted by atomic mass is 15.1. The van der Waals surface area contributed by atoms with Crippen molar-refractivity contribution in [1.29, 1.82) is 0 Å². The third-order valence-electron chi connectivity index (χ3n) is 9.18. The summed E-state index contributed by atoms with van der Waals surface area (Å²) < 4.78 is 2.72. The Bertz CT molecular complexity index is 1370. The molecule has 0 spiro atoms. The molecule has 1 heteroatoms. The Morgan fingerprint density at radius 1 is 0.818 bits per heavy atom. The molecule has 2 aliphatic rings. The molecule has 0 N–H and O–H groups in total. The fourth-order valence-corrected chi connectivity index (χ4v) is 7.18. The van der Waals surface area contributed by atoms with Gasteiger partial charge in [0.1, 0.15) is 0 Å². The molecule has 33 heavy (non-hydrogen) atoms. The summed E-state index contributed by atoms with van der Waals surface area (Å²) >= 11 is 0. The van der Waals surface area contributed by atoms with Gasteiger partial charge in [-0.2, -0.15) is 4.57 Å². The second-order valence-electron chi connectivity index (χ2n) is 10.6. The Hall–Kier alpha value is -2.67. The van der Waals surface area contributed by atoms with Crippen LogP contribution < -0.4 is 4.57 Å². The normalized spacial score (nSPS) is 23.5. The van der Waals surface area contributed by atoms with Gasteiger partial charge in [-0.3, -0.25) is 0 Å². The summed E-state index contributed by atoms with van der Waals surface area (Å²) in [6.45, 7) is 7.13. The van der Waals surface area contributed by atoms with Gasteiger partial charge in [-0.15, -0.1) is 0 Å². The molecule has 168 valence electrons. The maximum absolute atomic E-state index is 2.72. The van der Waals surface area contributed by atoms with Gasteiger partial charge in [-0.05, 0) is 71.2 Å². The molecule has 2 atom stereocenters. The fourth-order valence-electron chi connectivity index (χ4n) is 7.18. The summed E-state index contributed by atoms with van der Waals surface area (Å²) in [6, 6.07) is 23.5. The highest BCUT2D eigenvalue weighted by molar-refractivity contribution is 5.99. The average molecular weight is 435 g/mol. The van der Waals surface area contributed by atoms with Gasteiger partial charge in [0.2, 0.25) is 5.69 Å². The van der Waals surface area contributed by atoms with Crippen LogP contribution in [0.5, 0.6) is 0 Å². The van der Waals surface area contributed by atoms with E-state index in [0.29, 0.717) is 0 Å². The van der Waals surface area contributed by atoms with E-state index >= 15 is 0 Å². The molecule has 1 aromatic heterocycles. The summed E-state index contributed by atoms with van der Waals surface area (Å²) in [4.78, 5) is 0. The monoisotopic (exact) mass is 434 g/mol. The first-order valence-corrected chi connectivity index (χ1v) is 13.1. The number of aryl methyl sites for hydroxylation is 1. The van der Waals surface area contributed by atoms with Crippen LogP contribution in [-0.4, -0.2) is 0 Å². The standard InChI is InChI=1S/C32H36N/c1-4-7-11-23-14-10-15-27-26(23)16-19-33-30(27)28-20-24-12-8-9-13-25(24)21-29(28)31(5-2)17-18-32(33,6-3)22-31/h8-10,12-16,19-21H,4-7,11,17-18,22H2,1-3H3/q+1. The minimum atomic E-state index is 0.212. The predicted octanol–water partition coefficient (Wildman–Crippen LogP) is 8.24. The lowest BCUT2D eigenvalue weighted by Gasteiger charge is -2.29. The quantitative estimate of drug-likeness (QED) is 0.278. The van der Waals surface area contributed by atoms with Crippen LogP contribution in [0.25, 0.3) is 32.8 Å². The molecule has 0 radical (unpaired) electrons. The smallest absolute Gasteiger partial charge is 0.192 e. The van der Waals surface area contributed by atoms with Gasteiger partial charge >= 0.3 is 0 Å². The van der Waals surface area contributed by atoms with Gasteiger partial charge in [-0.25, -0.2) is 0 Å². The molecule has 1 aliphatic carbocycles. The molecule has 1 fully saturated rings. The maximum atomic E-state index is 2.72. The van der Waals surface area contributed by atoms with E-state index in [-0.39, 0.29) is 11.0 Å². The number of pyridine rings is 1. The van der Waals surface area contributed by atoms with Crippen LogP contribution in [-0.2, 0) is 17.4 Å². The number of hydrogen-bond donors (Lipinski definition) is 0. The number of aromatic nitrogens is 1. The summed E-state index contributed by atoms with van der Waals surface area (Å²) in [5, 5.41) is 5.63. The van der Waals surface area contributed by atoms with Crippen LogP contribution in [0.1, 0.15) is 76.8 Å². The topological polar surface area (TPSA) is 3.88 Å². The van der Waals surface area contributed by atoms with Crippen molar-refractivity contribution >= 4 is 21.5 Å².